The van der Waals surface area contributed by atoms with E-state index in [4.69, 9.17) is 22.5 Å². The molecular formula is C13H12BrClN4O. The van der Waals surface area contributed by atoms with Gasteiger partial charge in [-0.05, 0) is 45.8 Å². The van der Waals surface area contributed by atoms with Crippen molar-refractivity contribution >= 4 is 39.1 Å². The van der Waals surface area contributed by atoms with Crippen molar-refractivity contribution in [2.75, 3.05) is 5.32 Å². The molecule has 0 radical (unpaired) electrons. The summed E-state index contributed by atoms with van der Waals surface area (Å²) in [7, 11) is 0. The number of aromatic nitrogens is 1. The first-order chi connectivity index (χ1) is 9.61. The number of anilines is 1. The third-order valence-electron chi connectivity index (χ3n) is 2.63. The number of hydrogen-bond acceptors (Lipinski definition) is 4. The maximum absolute atomic E-state index is 8.64. The highest BCUT2D eigenvalue weighted by molar-refractivity contribution is 9.10. The second-order valence-electron chi connectivity index (χ2n) is 3.99. The Kier molecular flexibility index (Phi) is 4.81. The van der Waals surface area contributed by atoms with Crippen molar-refractivity contribution < 1.29 is 5.21 Å². The Bertz CT molecular complexity index is 648. The SMILES string of the molecule is N/C(=N/O)c1cc(CNc2cccc(Cl)c2Br)ccn1. The molecule has 0 atom stereocenters. The average Bonchev–Trinajstić information content (AvgIpc) is 2.48. The van der Waals surface area contributed by atoms with Crippen molar-refractivity contribution in [2.24, 2.45) is 10.9 Å². The molecule has 2 aromatic rings. The van der Waals surface area contributed by atoms with Crippen molar-refractivity contribution in [1.82, 2.24) is 4.98 Å². The molecule has 0 aliphatic heterocycles. The molecule has 1 heterocycles. The largest absolute Gasteiger partial charge is 0.409 e. The summed E-state index contributed by atoms with van der Waals surface area (Å²) in [5.41, 5.74) is 7.78. The van der Waals surface area contributed by atoms with Gasteiger partial charge in [0.25, 0.3) is 0 Å². The second kappa shape index (κ2) is 6.58. The van der Waals surface area contributed by atoms with E-state index in [1.807, 2.05) is 18.2 Å². The Morgan fingerprint density at radius 2 is 2.25 bits per heavy atom. The molecule has 0 bridgehead atoms. The topological polar surface area (TPSA) is 83.5 Å². The summed E-state index contributed by atoms with van der Waals surface area (Å²) in [5.74, 6) is -0.0178. The van der Waals surface area contributed by atoms with E-state index >= 15 is 0 Å². The lowest BCUT2D eigenvalue weighted by molar-refractivity contribution is 0.318. The van der Waals surface area contributed by atoms with Gasteiger partial charge in [-0.3, -0.25) is 4.98 Å². The fourth-order valence-electron chi connectivity index (χ4n) is 1.61. The van der Waals surface area contributed by atoms with Gasteiger partial charge in [-0.2, -0.15) is 0 Å². The zero-order chi connectivity index (χ0) is 14.5. The van der Waals surface area contributed by atoms with Crippen LogP contribution in [0.15, 0.2) is 46.2 Å². The van der Waals surface area contributed by atoms with Crippen LogP contribution in [0, 0.1) is 0 Å². The highest BCUT2D eigenvalue weighted by atomic mass is 79.9. The van der Waals surface area contributed by atoms with Crippen molar-refractivity contribution in [3.05, 3.63) is 57.3 Å². The minimum Gasteiger partial charge on any atom is -0.409 e. The van der Waals surface area contributed by atoms with Gasteiger partial charge in [0.05, 0.1) is 15.2 Å². The number of amidine groups is 1. The molecule has 1 aromatic carbocycles. The molecule has 0 amide bonds. The zero-order valence-corrected chi connectivity index (χ0v) is 12.7. The quantitative estimate of drug-likeness (QED) is 0.340. The summed E-state index contributed by atoms with van der Waals surface area (Å²) in [6.45, 7) is 0.563. The monoisotopic (exact) mass is 354 g/mol. The van der Waals surface area contributed by atoms with Crippen LogP contribution >= 0.6 is 27.5 Å². The zero-order valence-electron chi connectivity index (χ0n) is 10.3. The van der Waals surface area contributed by atoms with Gasteiger partial charge in [0.2, 0.25) is 0 Å². The van der Waals surface area contributed by atoms with E-state index in [1.54, 1.807) is 18.3 Å². The Labute approximate surface area is 129 Å². The van der Waals surface area contributed by atoms with E-state index in [1.165, 1.54) is 0 Å². The minimum absolute atomic E-state index is 0.0178. The molecule has 5 nitrogen and oxygen atoms in total. The second-order valence-corrected chi connectivity index (χ2v) is 5.19. The predicted octanol–water partition coefficient (Wildman–Crippen LogP) is 3.20. The van der Waals surface area contributed by atoms with Crippen molar-refractivity contribution in [2.45, 2.75) is 6.54 Å². The molecule has 104 valence electrons. The summed E-state index contributed by atoms with van der Waals surface area (Å²) >= 11 is 9.45. The van der Waals surface area contributed by atoms with E-state index in [9.17, 15) is 0 Å². The molecule has 4 N–H and O–H groups in total. The lowest BCUT2D eigenvalue weighted by Gasteiger charge is -2.10. The van der Waals surface area contributed by atoms with Gasteiger partial charge < -0.3 is 16.3 Å². The maximum Gasteiger partial charge on any atom is 0.188 e. The maximum atomic E-state index is 8.64. The van der Waals surface area contributed by atoms with Gasteiger partial charge in [-0.25, -0.2) is 0 Å². The van der Waals surface area contributed by atoms with Crippen molar-refractivity contribution in [3.63, 3.8) is 0 Å². The summed E-state index contributed by atoms with van der Waals surface area (Å²) in [6, 6.07) is 9.19. The first-order valence-corrected chi connectivity index (χ1v) is 6.89. The van der Waals surface area contributed by atoms with E-state index in [2.05, 4.69) is 31.4 Å². The van der Waals surface area contributed by atoms with Gasteiger partial charge in [-0.1, -0.05) is 22.8 Å². The highest BCUT2D eigenvalue weighted by Gasteiger charge is 2.05. The van der Waals surface area contributed by atoms with Crippen LogP contribution in [0.25, 0.3) is 0 Å². The molecule has 7 heteroatoms. The van der Waals surface area contributed by atoms with E-state index < -0.39 is 0 Å². The van der Waals surface area contributed by atoms with Gasteiger partial charge in [-0.15, -0.1) is 0 Å². The van der Waals surface area contributed by atoms with Gasteiger partial charge in [0.1, 0.15) is 5.69 Å². The summed E-state index contributed by atoms with van der Waals surface area (Å²) in [5, 5.41) is 15.5. The Morgan fingerprint density at radius 3 is 3.00 bits per heavy atom. The van der Waals surface area contributed by atoms with Gasteiger partial charge in [0, 0.05) is 12.7 Å². The fourth-order valence-corrected chi connectivity index (χ4v) is 2.19. The van der Waals surface area contributed by atoms with Crippen LogP contribution in [0.5, 0.6) is 0 Å². The van der Waals surface area contributed by atoms with Crippen molar-refractivity contribution in [1.29, 1.82) is 0 Å². The lowest BCUT2D eigenvalue weighted by atomic mass is 10.2. The Balaban J connectivity index is 2.13. The normalized spacial score (nSPS) is 11.4. The van der Waals surface area contributed by atoms with E-state index in [0.717, 1.165) is 15.7 Å². The fraction of sp³-hybridized carbons (Fsp3) is 0.0769. The van der Waals surface area contributed by atoms with Crippen LogP contribution < -0.4 is 11.1 Å². The van der Waals surface area contributed by atoms with E-state index in [0.29, 0.717) is 17.3 Å². The Hall–Kier alpha value is -1.79. The molecule has 2 rings (SSSR count). The van der Waals surface area contributed by atoms with Gasteiger partial charge >= 0.3 is 0 Å². The first kappa shape index (κ1) is 14.6. The number of nitrogens with one attached hydrogen (secondary N) is 1. The smallest absolute Gasteiger partial charge is 0.188 e. The molecule has 0 saturated heterocycles. The number of oxime groups is 1. The number of nitrogens with zero attached hydrogens (tertiary/aromatic N) is 2. The molecule has 0 spiro atoms. The van der Waals surface area contributed by atoms with Crippen LogP contribution in [-0.4, -0.2) is 16.0 Å². The van der Waals surface area contributed by atoms with Crippen LogP contribution in [0.3, 0.4) is 0 Å². The lowest BCUT2D eigenvalue weighted by Crippen LogP contribution is -2.15. The third-order valence-corrected chi connectivity index (χ3v) is 4.03. The highest BCUT2D eigenvalue weighted by Crippen LogP contribution is 2.30. The number of halogens is 2. The van der Waals surface area contributed by atoms with Crippen LogP contribution in [-0.2, 0) is 6.54 Å². The summed E-state index contributed by atoms with van der Waals surface area (Å²) < 4.78 is 0.812. The molecule has 0 aliphatic rings. The molecule has 0 saturated carbocycles. The predicted molar refractivity (Wildman–Crippen MR) is 83.2 cm³/mol. The van der Waals surface area contributed by atoms with Crippen LogP contribution in [0.4, 0.5) is 5.69 Å². The standard InChI is InChI=1S/C13H12BrClN4O/c14-12-9(15)2-1-3-10(12)18-7-8-4-5-17-11(6-8)13(16)19-20/h1-6,18,20H,7H2,(H2,16,19). The Morgan fingerprint density at radius 1 is 1.45 bits per heavy atom. The number of hydrogen-bond donors (Lipinski definition) is 3. The summed E-state index contributed by atoms with van der Waals surface area (Å²) in [4.78, 5) is 4.02. The third kappa shape index (κ3) is 3.40. The molecule has 0 fully saturated rings. The minimum atomic E-state index is -0.0178. The van der Waals surface area contributed by atoms with Crippen LogP contribution in [0.2, 0.25) is 5.02 Å². The molecule has 20 heavy (non-hydrogen) atoms. The number of rotatable bonds is 4. The first-order valence-electron chi connectivity index (χ1n) is 5.72. The average molecular weight is 356 g/mol. The molecular weight excluding hydrogens is 344 g/mol. The van der Waals surface area contributed by atoms with E-state index in [-0.39, 0.29) is 5.84 Å². The number of benzene rings is 1. The number of pyridine rings is 1. The summed E-state index contributed by atoms with van der Waals surface area (Å²) in [6.07, 6.45) is 1.61. The van der Waals surface area contributed by atoms with Crippen LogP contribution in [0.1, 0.15) is 11.3 Å². The van der Waals surface area contributed by atoms with Gasteiger partial charge in [0.15, 0.2) is 5.84 Å². The molecule has 1 aromatic heterocycles. The number of nitrogens with two attached hydrogens (primary N) is 1. The molecule has 0 unspecified atom stereocenters. The van der Waals surface area contributed by atoms with Crippen molar-refractivity contribution in [3.8, 4) is 0 Å². The molecule has 0 aliphatic carbocycles.